The van der Waals surface area contributed by atoms with Crippen LogP contribution in [0.1, 0.15) is 206 Å². The molecule has 13 nitrogen and oxygen atoms in total. The summed E-state index contributed by atoms with van der Waals surface area (Å²) in [5, 5.41) is 50.2. The van der Waals surface area contributed by atoms with Gasteiger partial charge >= 0.3 is 19.8 Å². The third kappa shape index (κ3) is 30.2. The number of aliphatic hydroxyl groups excluding tert-OH is 5. The molecule has 1 aliphatic carbocycles. The fourth-order valence-electron chi connectivity index (χ4n) is 7.34. The number of hydrogen-bond acceptors (Lipinski definition) is 12. The first-order valence-corrected chi connectivity index (χ1v) is 25.6. The summed E-state index contributed by atoms with van der Waals surface area (Å²) in [5.41, 5.74) is 0. The standard InChI is InChI=1S/C47H87O13P/c1-3-5-7-9-11-13-15-17-19-20-22-24-26-28-30-32-34-36-41(49)59-39(38-58-61(55,56)60-47-45(53)43(51)42(50)44(52)46(47)54)37-57-40(48)35-33-31-29-27-25-23-21-18-16-14-12-10-8-6-4-2/h17-19,21,39,42-47,50-54H,3-16,20,22-38H2,1-2H3,(H,55,56)/b19-17+,21-18+/t39-,42?,43+,44?,45?,46?,47?/m1/s1. The summed E-state index contributed by atoms with van der Waals surface area (Å²) in [5.74, 6) is -1.11. The first kappa shape index (κ1) is 57.3. The lowest BCUT2D eigenvalue weighted by Crippen LogP contribution is -2.64. The van der Waals surface area contributed by atoms with Crippen molar-refractivity contribution >= 4 is 19.8 Å². The highest BCUT2D eigenvalue weighted by molar-refractivity contribution is 7.47. The first-order chi connectivity index (χ1) is 29.4. The second kappa shape index (κ2) is 37.7. The number of esters is 2. The number of rotatable bonds is 40. The van der Waals surface area contributed by atoms with Gasteiger partial charge in [0.15, 0.2) is 6.10 Å². The Hall–Kier alpha value is -1.67. The number of carbonyl (C=O) groups excluding carboxylic acids is 2. The van der Waals surface area contributed by atoms with Crippen molar-refractivity contribution in [3.05, 3.63) is 24.3 Å². The lowest BCUT2D eigenvalue weighted by atomic mass is 9.85. The molecule has 61 heavy (non-hydrogen) atoms. The zero-order chi connectivity index (χ0) is 45.0. The maximum atomic E-state index is 12.8. The quantitative estimate of drug-likeness (QED) is 0.0147. The molecule has 0 bridgehead atoms. The van der Waals surface area contributed by atoms with Gasteiger partial charge in [0.05, 0.1) is 6.61 Å². The van der Waals surface area contributed by atoms with E-state index in [-0.39, 0.29) is 12.8 Å². The van der Waals surface area contributed by atoms with Gasteiger partial charge in [0, 0.05) is 12.8 Å². The Morgan fingerprint density at radius 3 is 1.25 bits per heavy atom. The van der Waals surface area contributed by atoms with Crippen LogP contribution in [0.2, 0.25) is 0 Å². The summed E-state index contributed by atoms with van der Waals surface area (Å²) in [7, 11) is -5.12. The van der Waals surface area contributed by atoms with Crippen molar-refractivity contribution in [1.29, 1.82) is 0 Å². The monoisotopic (exact) mass is 891 g/mol. The molecule has 358 valence electrons. The predicted octanol–water partition coefficient (Wildman–Crippen LogP) is 9.62. The minimum absolute atomic E-state index is 0.0919. The maximum Gasteiger partial charge on any atom is 0.472 e. The van der Waals surface area contributed by atoms with Crippen LogP contribution in [0.15, 0.2) is 24.3 Å². The molecule has 6 unspecified atom stereocenters. The molecule has 1 fully saturated rings. The van der Waals surface area contributed by atoms with Gasteiger partial charge in [-0.15, -0.1) is 0 Å². The number of allylic oxidation sites excluding steroid dienone is 4. The molecule has 0 saturated heterocycles. The Labute approximate surface area is 368 Å². The molecule has 1 rings (SSSR count). The molecule has 0 spiro atoms. The molecule has 0 aromatic rings. The van der Waals surface area contributed by atoms with Gasteiger partial charge in [0.1, 0.15) is 43.2 Å². The Morgan fingerprint density at radius 2 is 0.836 bits per heavy atom. The smallest absolute Gasteiger partial charge is 0.462 e. The molecule has 1 aliphatic rings. The van der Waals surface area contributed by atoms with E-state index in [2.05, 4.69) is 38.2 Å². The van der Waals surface area contributed by atoms with Crippen molar-refractivity contribution in [2.45, 2.75) is 249 Å². The van der Waals surface area contributed by atoms with Crippen LogP contribution >= 0.6 is 7.82 Å². The van der Waals surface area contributed by atoms with Crippen molar-refractivity contribution in [1.82, 2.24) is 0 Å². The third-order valence-corrected chi connectivity index (χ3v) is 12.3. The van der Waals surface area contributed by atoms with E-state index in [4.69, 9.17) is 18.5 Å². The van der Waals surface area contributed by atoms with Crippen LogP contribution in [0.4, 0.5) is 0 Å². The second-order valence-corrected chi connectivity index (χ2v) is 18.4. The van der Waals surface area contributed by atoms with Crippen LogP contribution in [-0.4, -0.2) is 98.3 Å². The zero-order valence-corrected chi connectivity index (χ0v) is 38.9. The number of ether oxygens (including phenoxy) is 2. The van der Waals surface area contributed by atoms with E-state index in [9.17, 15) is 44.6 Å². The van der Waals surface area contributed by atoms with Gasteiger partial charge in [0.25, 0.3) is 0 Å². The molecule has 0 aliphatic heterocycles. The van der Waals surface area contributed by atoms with Crippen molar-refractivity contribution in [2.24, 2.45) is 0 Å². The molecular formula is C47H87O13P. The minimum atomic E-state index is -5.12. The molecule has 0 aromatic carbocycles. The lowest BCUT2D eigenvalue weighted by Gasteiger charge is -2.41. The fourth-order valence-corrected chi connectivity index (χ4v) is 8.31. The van der Waals surface area contributed by atoms with Crippen LogP contribution < -0.4 is 0 Å². The summed E-state index contributed by atoms with van der Waals surface area (Å²) in [6.45, 7) is 3.29. The van der Waals surface area contributed by atoms with Crippen LogP contribution in [0.25, 0.3) is 0 Å². The van der Waals surface area contributed by atoms with Gasteiger partial charge in [0.2, 0.25) is 0 Å². The van der Waals surface area contributed by atoms with Crippen LogP contribution in [0.3, 0.4) is 0 Å². The summed E-state index contributed by atoms with van der Waals surface area (Å²) in [4.78, 5) is 35.7. The molecule has 8 atom stereocenters. The Morgan fingerprint density at radius 1 is 0.492 bits per heavy atom. The van der Waals surface area contributed by atoms with Crippen molar-refractivity contribution in [2.75, 3.05) is 13.2 Å². The zero-order valence-electron chi connectivity index (χ0n) is 38.0. The van der Waals surface area contributed by atoms with Crippen molar-refractivity contribution in [3.8, 4) is 0 Å². The van der Waals surface area contributed by atoms with Crippen LogP contribution in [-0.2, 0) is 32.7 Å². The van der Waals surface area contributed by atoms with Gasteiger partial charge in [-0.2, -0.15) is 0 Å². The number of aliphatic hydroxyl groups is 5. The molecule has 0 radical (unpaired) electrons. The number of phosphoric ester groups is 1. The number of carbonyl (C=O) groups is 2. The predicted molar refractivity (Wildman–Crippen MR) is 240 cm³/mol. The normalized spacial score (nSPS) is 22.2. The molecule has 1 saturated carbocycles. The van der Waals surface area contributed by atoms with Gasteiger partial charge in [-0.05, 0) is 64.2 Å². The molecular weight excluding hydrogens is 803 g/mol. The van der Waals surface area contributed by atoms with E-state index in [1.807, 2.05) is 0 Å². The summed E-state index contributed by atoms with van der Waals surface area (Å²) < 4.78 is 33.6. The lowest BCUT2D eigenvalue weighted by molar-refractivity contribution is -0.220. The van der Waals surface area contributed by atoms with Gasteiger partial charge in [-0.1, -0.05) is 154 Å². The molecule has 14 heteroatoms. The van der Waals surface area contributed by atoms with Gasteiger partial charge in [-0.3, -0.25) is 18.6 Å². The summed E-state index contributed by atoms with van der Waals surface area (Å²) in [6, 6.07) is 0. The Bertz CT molecular complexity index is 1170. The fraction of sp³-hybridized carbons (Fsp3) is 0.872. The third-order valence-electron chi connectivity index (χ3n) is 11.3. The summed E-state index contributed by atoms with van der Waals surface area (Å²) >= 11 is 0. The highest BCUT2D eigenvalue weighted by Crippen LogP contribution is 2.47. The van der Waals surface area contributed by atoms with E-state index < -0.39 is 75.7 Å². The summed E-state index contributed by atoms with van der Waals surface area (Å²) in [6.07, 6.45) is 28.0. The first-order valence-electron chi connectivity index (χ1n) is 24.1. The van der Waals surface area contributed by atoms with Crippen molar-refractivity contribution in [3.63, 3.8) is 0 Å². The van der Waals surface area contributed by atoms with E-state index in [1.54, 1.807) is 0 Å². The number of hydrogen-bond donors (Lipinski definition) is 6. The maximum absolute atomic E-state index is 12.8. The van der Waals surface area contributed by atoms with E-state index in [0.29, 0.717) is 12.8 Å². The average Bonchev–Trinajstić information content (AvgIpc) is 3.24. The molecule has 0 heterocycles. The highest BCUT2D eigenvalue weighted by Gasteiger charge is 2.51. The van der Waals surface area contributed by atoms with Gasteiger partial charge < -0.3 is 39.9 Å². The largest absolute Gasteiger partial charge is 0.472 e. The minimum Gasteiger partial charge on any atom is -0.462 e. The van der Waals surface area contributed by atoms with Gasteiger partial charge in [-0.25, -0.2) is 4.57 Å². The number of phosphoric acid groups is 1. The SMILES string of the molecule is CCCCCCCC/C=C/CCCCCCCCCC(=O)O[C@H](COC(=O)CCCCCCC/C=C/CCCCCCCC)COP(=O)(O)OC1C(O)C(O)C(O)[C@H](O)C1O. The van der Waals surface area contributed by atoms with E-state index in [0.717, 1.165) is 70.6 Å². The molecule has 6 N–H and O–H groups in total. The van der Waals surface area contributed by atoms with Crippen LogP contribution in [0, 0.1) is 0 Å². The molecule has 0 aromatic heterocycles. The van der Waals surface area contributed by atoms with Crippen LogP contribution in [0.5, 0.6) is 0 Å². The number of unbranched alkanes of at least 4 members (excludes halogenated alkanes) is 24. The highest BCUT2D eigenvalue weighted by atomic mass is 31.2. The van der Waals surface area contributed by atoms with Crippen molar-refractivity contribution < 1.29 is 63.1 Å². The molecule has 0 amide bonds. The second-order valence-electron chi connectivity index (χ2n) is 17.0. The average molecular weight is 891 g/mol. The topological polar surface area (TPSA) is 210 Å². The van der Waals surface area contributed by atoms with E-state index >= 15 is 0 Å². The van der Waals surface area contributed by atoms with E-state index in [1.165, 1.54) is 96.3 Å². The Kier molecular flexibility index (Phi) is 35.4. The Balaban J connectivity index is 2.44.